The Kier molecular flexibility index (Phi) is 8.45. The van der Waals surface area contributed by atoms with E-state index in [1.807, 2.05) is 6.07 Å². The van der Waals surface area contributed by atoms with E-state index in [0.29, 0.717) is 12.7 Å². The smallest absolute Gasteiger partial charge is 0.232 e. The Labute approximate surface area is 240 Å². The molecule has 2 aliphatic heterocycles. The van der Waals surface area contributed by atoms with Crippen molar-refractivity contribution in [3.8, 4) is 0 Å². The number of amides is 1. The minimum atomic E-state index is -0.234. The van der Waals surface area contributed by atoms with Gasteiger partial charge in [0.2, 0.25) is 5.91 Å². The van der Waals surface area contributed by atoms with E-state index in [1.165, 1.54) is 67.4 Å². The van der Waals surface area contributed by atoms with E-state index in [2.05, 4.69) is 94.8 Å². The van der Waals surface area contributed by atoms with Gasteiger partial charge in [-0.05, 0) is 103 Å². The van der Waals surface area contributed by atoms with Gasteiger partial charge in [0.25, 0.3) is 0 Å². The molecule has 0 radical (unpaired) electrons. The molecule has 0 spiro atoms. The summed E-state index contributed by atoms with van der Waals surface area (Å²) in [7, 11) is 0. The third-order valence-corrected chi connectivity index (χ3v) is 9.08. The van der Waals surface area contributed by atoms with Gasteiger partial charge in [0, 0.05) is 19.6 Å². The van der Waals surface area contributed by atoms with Crippen LogP contribution < -0.4 is 5.32 Å². The Bertz CT molecular complexity index is 1320. The second kappa shape index (κ2) is 12.5. The number of piperidine rings is 1. The monoisotopic (exact) mass is 533 g/mol. The maximum Gasteiger partial charge on any atom is 0.232 e. The van der Waals surface area contributed by atoms with E-state index in [0.717, 1.165) is 42.6 Å². The molecule has 208 valence electrons. The molecule has 3 aliphatic rings. The number of nitrogens with one attached hydrogen (secondary N) is 1. The van der Waals surface area contributed by atoms with Gasteiger partial charge in [-0.2, -0.15) is 0 Å². The Morgan fingerprint density at radius 1 is 0.900 bits per heavy atom. The van der Waals surface area contributed by atoms with Crippen LogP contribution in [0.4, 0.5) is 0 Å². The van der Waals surface area contributed by atoms with Crippen LogP contribution in [0.25, 0.3) is 11.6 Å². The standard InChI is InChI=1S/C36H43N3O/c1-2-21-37-36(40)35-31-19-12-18-27(32(31)24-33(35)28-13-4-3-5-14-28)15-8-10-22-38-23-11-9-20-34(38)39-25-29-16-6-7-17-30(29)26-39/h3-7,12-14,16-19,24,34-35H,2,8-11,15,20-23,25-26H2,1H3,(H,37,40). The van der Waals surface area contributed by atoms with E-state index in [-0.39, 0.29) is 11.8 Å². The topological polar surface area (TPSA) is 35.6 Å². The number of nitrogens with zero attached hydrogens (tertiary/aromatic N) is 2. The zero-order chi connectivity index (χ0) is 27.3. The average molecular weight is 534 g/mol. The van der Waals surface area contributed by atoms with Crippen molar-refractivity contribution in [3.05, 3.63) is 106 Å². The molecule has 4 heteroatoms. The molecule has 2 heterocycles. The molecule has 3 aromatic rings. The van der Waals surface area contributed by atoms with E-state index < -0.39 is 0 Å². The number of carbonyl (C=O) groups is 1. The fourth-order valence-electron chi connectivity index (χ4n) is 7.05. The summed E-state index contributed by atoms with van der Waals surface area (Å²) >= 11 is 0. The van der Waals surface area contributed by atoms with Crippen LogP contribution in [0.3, 0.4) is 0 Å². The van der Waals surface area contributed by atoms with Crippen LogP contribution in [0, 0.1) is 0 Å². The molecule has 0 bridgehead atoms. The van der Waals surface area contributed by atoms with Gasteiger partial charge < -0.3 is 5.32 Å². The van der Waals surface area contributed by atoms with Crippen LogP contribution in [0.15, 0.2) is 72.8 Å². The molecule has 2 unspecified atom stereocenters. The predicted molar refractivity (Wildman–Crippen MR) is 165 cm³/mol. The predicted octanol–water partition coefficient (Wildman–Crippen LogP) is 7.00. The summed E-state index contributed by atoms with van der Waals surface area (Å²) in [5.41, 5.74) is 9.09. The van der Waals surface area contributed by atoms with Gasteiger partial charge >= 0.3 is 0 Å². The van der Waals surface area contributed by atoms with Gasteiger partial charge in [-0.1, -0.05) is 79.7 Å². The minimum absolute atomic E-state index is 0.119. The number of hydrogen-bond donors (Lipinski definition) is 1. The Morgan fingerprint density at radius 3 is 2.45 bits per heavy atom. The molecule has 6 rings (SSSR count). The first kappa shape index (κ1) is 27.0. The van der Waals surface area contributed by atoms with Gasteiger partial charge in [0.1, 0.15) is 0 Å². The highest BCUT2D eigenvalue weighted by Crippen LogP contribution is 2.43. The molecule has 3 aromatic carbocycles. The third kappa shape index (κ3) is 5.66. The highest BCUT2D eigenvalue weighted by Gasteiger charge is 2.34. The van der Waals surface area contributed by atoms with Crippen LogP contribution >= 0.6 is 0 Å². The van der Waals surface area contributed by atoms with Crippen LogP contribution in [0.5, 0.6) is 0 Å². The summed E-state index contributed by atoms with van der Waals surface area (Å²) in [6.07, 6.45) is 11.2. The van der Waals surface area contributed by atoms with E-state index in [4.69, 9.17) is 0 Å². The Balaban J connectivity index is 1.12. The van der Waals surface area contributed by atoms with Crippen LogP contribution in [-0.2, 0) is 24.3 Å². The summed E-state index contributed by atoms with van der Waals surface area (Å²) in [6.45, 7) is 7.39. The van der Waals surface area contributed by atoms with Crippen molar-refractivity contribution >= 4 is 17.6 Å². The lowest BCUT2D eigenvalue weighted by atomic mass is 9.89. The third-order valence-electron chi connectivity index (χ3n) is 9.08. The number of fused-ring (bicyclic) bond motifs is 2. The second-order valence-electron chi connectivity index (χ2n) is 11.8. The van der Waals surface area contributed by atoms with Crippen LogP contribution in [0.1, 0.15) is 84.7 Å². The second-order valence-corrected chi connectivity index (χ2v) is 11.8. The zero-order valence-corrected chi connectivity index (χ0v) is 23.9. The lowest BCUT2D eigenvalue weighted by Gasteiger charge is -2.41. The van der Waals surface area contributed by atoms with Crippen molar-refractivity contribution < 1.29 is 4.79 Å². The van der Waals surface area contributed by atoms with E-state index in [1.54, 1.807) is 0 Å². The molecule has 40 heavy (non-hydrogen) atoms. The van der Waals surface area contributed by atoms with Gasteiger partial charge in [0.15, 0.2) is 0 Å². The first-order chi connectivity index (χ1) is 19.7. The average Bonchev–Trinajstić information content (AvgIpc) is 3.61. The molecular weight excluding hydrogens is 490 g/mol. The number of likely N-dealkylation sites (tertiary alicyclic amines) is 1. The lowest BCUT2D eigenvalue weighted by Crippen LogP contribution is -2.49. The molecule has 1 amide bonds. The summed E-state index contributed by atoms with van der Waals surface area (Å²) in [5, 5.41) is 3.17. The summed E-state index contributed by atoms with van der Waals surface area (Å²) in [6, 6.07) is 26.0. The van der Waals surface area contributed by atoms with E-state index >= 15 is 0 Å². The maximum atomic E-state index is 13.3. The number of rotatable bonds is 10. The Morgan fingerprint density at radius 2 is 1.68 bits per heavy atom. The molecule has 0 saturated carbocycles. The maximum absolute atomic E-state index is 13.3. The quantitative estimate of drug-likeness (QED) is 0.285. The lowest BCUT2D eigenvalue weighted by molar-refractivity contribution is -0.121. The molecule has 0 aromatic heterocycles. The SMILES string of the molecule is CCCNC(=O)C1C(c2ccccc2)=Cc2c(CCCCN3CCCCC3N3Cc4ccccc4C3)cccc21. The van der Waals surface area contributed by atoms with Gasteiger partial charge in [-0.25, -0.2) is 0 Å². The highest BCUT2D eigenvalue weighted by atomic mass is 16.1. The molecule has 1 N–H and O–H groups in total. The molecule has 1 fully saturated rings. The van der Waals surface area contributed by atoms with Crippen molar-refractivity contribution in [2.24, 2.45) is 0 Å². The number of aryl methyl sites for hydroxylation is 1. The summed E-state index contributed by atoms with van der Waals surface area (Å²) in [5.74, 6) is -0.115. The van der Waals surface area contributed by atoms with Gasteiger partial charge in [0.05, 0.1) is 12.1 Å². The van der Waals surface area contributed by atoms with Crippen LogP contribution in [-0.4, -0.2) is 41.5 Å². The molecule has 2 atom stereocenters. The first-order valence-electron chi connectivity index (χ1n) is 15.4. The summed E-state index contributed by atoms with van der Waals surface area (Å²) in [4.78, 5) is 18.8. The fraction of sp³-hybridized carbons (Fsp3) is 0.417. The molecule has 4 nitrogen and oxygen atoms in total. The molecule has 1 saturated heterocycles. The number of unbranched alkanes of at least 4 members (excludes halogenated alkanes) is 1. The number of hydrogen-bond acceptors (Lipinski definition) is 3. The van der Waals surface area contributed by atoms with Crippen molar-refractivity contribution in [1.82, 2.24) is 15.1 Å². The summed E-state index contributed by atoms with van der Waals surface area (Å²) < 4.78 is 0. The van der Waals surface area contributed by atoms with Crippen molar-refractivity contribution in [2.45, 2.75) is 77.0 Å². The van der Waals surface area contributed by atoms with E-state index in [9.17, 15) is 4.79 Å². The van der Waals surface area contributed by atoms with Crippen molar-refractivity contribution in [2.75, 3.05) is 19.6 Å². The van der Waals surface area contributed by atoms with Crippen LogP contribution in [0.2, 0.25) is 0 Å². The first-order valence-corrected chi connectivity index (χ1v) is 15.4. The molecular formula is C36H43N3O. The van der Waals surface area contributed by atoms with Gasteiger partial charge in [-0.3, -0.25) is 14.6 Å². The fourth-order valence-corrected chi connectivity index (χ4v) is 7.05. The normalized spacial score (nSPS) is 20.7. The zero-order valence-electron chi connectivity index (χ0n) is 23.9. The van der Waals surface area contributed by atoms with Crippen molar-refractivity contribution in [1.29, 1.82) is 0 Å². The highest BCUT2D eigenvalue weighted by molar-refractivity contribution is 6.06. The van der Waals surface area contributed by atoms with Crippen molar-refractivity contribution in [3.63, 3.8) is 0 Å². The molecule has 1 aliphatic carbocycles. The van der Waals surface area contributed by atoms with Gasteiger partial charge in [-0.15, -0.1) is 0 Å². The largest absolute Gasteiger partial charge is 0.355 e. The number of benzene rings is 3. The number of carbonyl (C=O) groups excluding carboxylic acids is 1. The Hall–Kier alpha value is -3.21. The minimum Gasteiger partial charge on any atom is -0.355 e.